The van der Waals surface area contributed by atoms with E-state index in [0.29, 0.717) is 48.3 Å². The number of amides is 2. The van der Waals surface area contributed by atoms with Gasteiger partial charge in [-0.15, -0.1) is 0 Å². The van der Waals surface area contributed by atoms with Gasteiger partial charge in [-0.25, -0.2) is 14.4 Å². The molecule has 0 radical (unpaired) electrons. The largest absolute Gasteiger partial charge is 0.490 e. The Kier molecular flexibility index (Phi) is 22.7. The number of alkyl halides is 3. The second-order valence-electron chi connectivity index (χ2n) is 17.6. The van der Waals surface area contributed by atoms with Crippen LogP contribution in [0.25, 0.3) is 0 Å². The number of carbonyl (C=O) groups is 3. The number of aliphatic carboxylic acids is 1. The molecule has 55 heavy (non-hydrogen) atoms. The van der Waals surface area contributed by atoms with E-state index in [2.05, 4.69) is 101 Å². The molecule has 0 bridgehead atoms. The predicted molar refractivity (Wildman–Crippen MR) is 213 cm³/mol. The van der Waals surface area contributed by atoms with Crippen LogP contribution in [0, 0.1) is 0 Å². The first kappa shape index (κ1) is 52.6. The van der Waals surface area contributed by atoms with Crippen LogP contribution in [0.4, 0.5) is 22.8 Å². The molecule has 0 unspecified atom stereocenters. The number of piperazine rings is 4. The van der Waals surface area contributed by atoms with Crippen molar-refractivity contribution in [3.63, 3.8) is 0 Å². The van der Waals surface area contributed by atoms with Crippen molar-refractivity contribution in [3.05, 3.63) is 0 Å². The number of hydrogen-bond donors (Lipinski definition) is 5. The SMILES string of the molecule is C[C@@H]1CN(C(=O)OC(C)(C)C)C[C@H](C)N1.C[C@@H]1CN(C(=O)OC(C)(C)C)C[C@H](C)N1C.C[C@@H]1CNC[C@H](C)N1.C[C@@H]1CNC[C@H](C)N1C.O=C(O)C(F)(F)F. The van der Waals surface area contributed by atoms with Crippen molar-refractivity contribution in [1.82, 2.24) is 40.9 Å². The number of halogens is 3. The molecule has 0 saturated carbocycles. The van der Waals surface area contributed by atoms with Crippen LogP contribution in [-0.4, -0.2) is 175 Å². The highest BCUT2D eigenvalue weighted by Gasteiger charge is 2.38. The highest BCUT2D eigenvalue weighted by Crippen LogP contribution is 2.17. The third kappa shape index (κ3) is 23.4. The zero-order chi connectivity index (χ0) is 43.1. The average molecular weight is 799 g/mol. The second kappa shape index (κ2) is 23.7. The molecule has 0 spiro atoms. The summed E-state index contributed by atoms with van der Waals surface area (Å²) in [4.78, 5) is 40.9. The van der Waals surface area contributed by atoms with Crippen LogP contribution in [0.1, 0.15) is 96.9 Å². The summed E-state index contributed by atoms with van der Waals surface area (Å²) in [6.45, 7) is 36.1. The van der Waals surface area contributed by atoms with Crippen molar-refractivity contribution in [2.24, 2.45) is 0 Å². The molecule has 0 aromatic heterocycles. The van der Waals surface area contributed by atoms with E-state index in [1.807, 2.05) is 41.5 Å². The molecule has 4 heterocycles. The van der Waals surface area contributed by atoms with E-state index in [-0.39, 0.29) is 12.2 Å². The van der Waals surface area contributed by atoms with Crippen molar-refractivity contribution in [2.45, 2.75) is 163 Å². The summed E-state index contributed by atoms with van der Waals surface area (Å²) in [6.07, 6.45) is -5.48. The van der Waals surface area contributed by atoms with E-state index < -0.39 is 23.3 Å². The van der Waals surface area contributed by atoms with E-state index in [1.165, 1.54) is 0 Å². The average Bonchev–Trinajstić information content (AvgIpc) is 3.01. The summed E-state index contributed by atoms with van der Waals surface area (Å²) in [6, 6.07) is 4.15. The summed E-state index contributed by atoms with van der Waals surface area (Å²) < 4.78 is 42.4. The Hall–Kier alpha value is -2.44. The Bertz CT molecular complexity index is 1100. The Balaban J connectivity index is 0.000000689. The molecule has 0 aromatic rings. The summed E-state index contributed by atoms with van der Waals surface area (Å²) in [7, 11) is 4.29. The lowest BCUT2D eigenvalue weighted by Crippen LogP contribution is -2.57. The highest BCUT2D eigenvalue weighted by atomic mass is 19.4. The minimum absolute atomic E-state index is 0.195. The summed E-state index contributed by atoms with van der Waals surface area (Å²) in [5, 5.41) is 20.6. The van der Waals surface area contributed by atoms with Gasteiger partial charge in [0.15, 0.2) is 0 Å². The van der Waals surface area contributed by atoms with E-state index >= 15 is 0 Å². The van der Waals surface area contributed by atoms with Gasteiger partial charge in [0.25, 0.3) is 0 Å². The second-order valence-corrected chi connectivity index (χ2v) is 17.6. The number of nitrogens with one attached hydrogen (secondary N) is 4. The van der Waals surface area contributed by atoms with Gasteiger partial charge in [-0.1, -0.05) is 0 Å². The van der Waals surface area contributed by atoms with Crippen LogP contribution in [0.3, 0.4) is 0 Å². The molecule has 8 atom stereocenters. The van der Waals surface area contributed by atoms with Gasteiger partial charge in [-0.2, -0.15) is 13.2 Å². The van der Waals surface area contributed by atoms with Crippen LogP contribution >= 0.6 is 0 Å². The van der Waals surface area contributed by atoms with E-state index in [1.54, 1.807) is 9.80 Å². The van der Waals surface area contributed by atoms with Crippen molar-refractivity contribution < 1.29 is 42.1 Å². The first-order valence-corrected chi connectivity index (χ1v) is 19.6. The number of hydrogen-bond acceptors (Lipinski definition) is 11. The zero-order valence-electron chi connectivity index (χ0n) is 36.7. The molecule has 4 fully saturated rings. The van der Waals surface area contributed by atoms with Gasteiger partial charge < -0.3 is 45.6 Å². The van der Waals surface area contributed by atoms with Gasteiger partial charge >= 0.3 is 24.3 Å². The first-order valence-electron chi connectivity index (χ1n) is 19.6. The van der Waals surface area contributed by atoms with Gasteiger partial charge in [0.1, 0.15) is 11.2 Å². The molecule has 14 nitrogen and oxygen atoms in total. The molecule has 2 amide bonds. The minimum Gasteiger partial charge on any atom is -0.475 e. The Labute approximate surface area is 329 Å². The standard InChI is InChI=1S/C12H24N2O2.C11H22N2O2.C7H16N2.C6H14N2.C2HF3O2/c1-9-7-14(8-10(2)13(9)6)11(15)16-12(3,4)5;1-8-6-13(7-9(2)12-8)10(14)15-11(3,4)5;1-6-4-8-5-7(2)9(6)3;1-5-3-7-4-6(2)8-5;3-2(4,5)1(6)7/h9-10H,7-8H2,1-6H3;8-9,12H,6-7H2,1-5H3;6-8H,4-5H2,1-3H3;5-8H,3-4H2,1-2H3;(H,6,7)/t9-,10+;8-,9+;6-,7+;5-,6+;. The molecule has 0 aromatic carbocycles. The fourth-order valence-electron chi connectivity index (χ4n) is 6.03. The summed E-state index contributed by atoms with van der Waals surface area (Å²) in [5.74, 6) is -2.76. The van der Waals surface area contributed by atoms with Gasteiger partial charge in [0.05, 0.1) is 0 Å². The Morgan fingerprint density at radius 3 is 1.11 bits per heavy atom. The monoisotopic (exact) mass is 799 g/mol. The molecule has 5 N–H and O–H groups in total. The maximum Gasteiger partial charge on any atom is 0.490 e. The zero-order valence-corrected chi connectivity index (χ0v) is 36.7. The number of likely N-dealkylation sites (N-methyl/N-ethyl adjacent to an activating group) is 2. The summed E-state index contributed by atoms with van der Waals surface area (Å²) >= 11 is 0. The predicted octanol–water partition coefficient (Wildman–Crippen LogP) is 4.44. The normalized spacial score (nSPS) is 29.3. The highest BCUT2D eigenvalue weighted by molar-refractivity contribution is 5.73. The topological polar surface area (TPSA) is 151 Å². The van der Waals surface area contributed by atoms with Crippen LogP contribution in [0.5, 0.6) is 0 Å². The molecule has 17 heteroatoms. The lowest BCUT2D eigenvalue weighted by molar-refractivity contribution is -0.192. The molecule has 4 aliphatic rings. The number of rotatable bonds is 0. The number of ether oxygens (including phenoxy) is 2. The third-order valence-corrected chi connectivity index (χ3v) is 9.20. The van der Waals surface area contributed by atoms with Gasteiger partial charge in [0.2, 0.25) is 0 Å². The molecular weight excluding hydrogens is 721 g/mol. The van der Waals surface area contributed by atoms with Crippen LogP contribution in [-0.2, 0) is 14.3 Å². The lowest BCUT2D eigenvalue weighted by atomic mass is 10.1. The minimum atomic E-state index is -5.08. The van der Waals surface area contributed by atoms with Crippen LogP contribution in [0.15, 0.2) is 0 Å². The maximum atomic E-state index is 11.9. The van der Waals surface area contributed by atoms with Gasteiger partial charge in [0, 0.05) is 101 Å². The van der Waals surface area contributed by atoms with E-state index in [0.717, 1.165) is 52.4 Å². The Morgan fingerprint density at radius 1 is 0.545 bits per heavy atom. The quantitative estimate of drug-likeness (QED) is 0.236. The molecule has 326 valence electrons. The molecular formula is C38H77F3N8O6. The molecule has 4 saturated heterocycles. The molecule has 0 aliphatic carbocycles. The van der Waals surface area contributed by atoms with Crippen molar-refractivity contribution >= 4 is 18.2 Å². The number of carboxylic acid groups (broad SMARTS) is 1. The third-order valence-electron chi connectivity index (χ3n) is 9.20. The van der Waals surface area contributed by atoms with Gasteiger partial charge in [-0.05, 0) is 111 Å². The van der Waals surface area contributed by atoms with Crippen molar-refractivity contribution in [1.29, 1.82) is 0 Å². The fraction of sp³-hybridized carbons (Fsp3) is 0.921. The van der Waals surface area contributed by atoms with Crippen molar-refractivity contribution in [2.75, 3.05) is 66.5 Å². The Morgan fingerprint density at radius 2 is 0.836 bits per heavy atom. The first-order chi connectivity index (χ1) is 24.9. The molecule has 4 rings (SSSR count). The molecule has 4 aliphatic heterocycles. The summed E-state index contributed by atoms with van der Waals surface area (Å²) in [5.41, 5.74) is -0.818. The van der Waals surface area contributed by atoms with Crippen molar-refractivity contribution in [3.8, 4) is 0 Å². The number of carbonyl (C=O) groups excluding carboxylic acids is 2. The number of carboxylic acids is 1. The number of nitrogens with zero attached hydrogens (tertiary/aromatic N) is 4. The van der Waals surface area contributed by atoms with Crippen LogP contribution < -0.4 is 21.3 Å². The maximum absolute atomic E-state index is 11.9. The lowest BCUT2D eigenvalue weighted by Gasteiger charge is -2.42. The van der Waals surface area contributed by atoms with E-state index in [9.17, 15) is 22.8 Å². The van der Waals surface area contributed by atoms with Gasteiger partial charge in [-0.3, -0.25) is 9.80 Å². The van der Waals surface area contributed by atoms with Crippen LogP contribution in [0.2, 0.25) is 0 Å². The fourth-order valence-corrected chi connectivity index (χ4v) is 6.03. The smallest absolute Gasteiger partial charge is 0.475 e. The van der Waals surface area contributed by atoms with E-state index in [4.69, 9.17) is 19.4 Å².